The number of aromatic nitrogens is 4. The van der Waals surface area contributed by atoms with Gasteiger partial charge in [-0.3, -0.25) is 0 Å². The van der Waals surface area contributed by atoms with Crippen molar-refractivity contribution in [2.24, 2.45) is 0 Å². The molecule has 3 aromatic heterocycles. The molecule has 0 fully saturated rings. The minimum Gasteiger partial charge on any atom is -0.309 e. The Balaban J connectivity index is 1.23. The van der Waals surface area contributed by atoms with Gasteiger partial charge in [0, 0.05) is 58.9 Å². The first-order valence-corrected chi connectivity index (χ1v) is 19.6. The number of nitrogens with zero attached hydrogens (tertiary/aromatic N) is 4. The smallest absolute Gasteiger partial charge is 0.164 e. The first-order chi connectivity index (χ1) is 27.8. The number of fused-ring (bicyclic) bond motifs is 6. The van der Waals surface area contributed by atoms with Crippen LogP contribution in [-0.4, -0.2) is 19.5 Å². The third-order valence-electron chi connectivity index (χ3n) is 10.6. The zero-order valence-electron chi connectivity index (χ0n) is 30.2. The molecular weight excluding hydrogens is 701 g/mol. The second-order valence-corrected chi connectivity index (χ2v) is 15.1. The van der Waals surface area contributed by atoms with Crippen LogP contribution in [0, 0.1) is 0 Å². The Labute approximate surface area is 327 Å². The van der Waals surface area contributed by atoms with Gasteiger partial charge in [-0.15, -0.1) is 11.3 Å². The van der Waals surface area contributed by atoms with Crippen molar-refractivity contribution >= 4 is 53.3 Å². The molecule has 0 unspecified atom stereocenters. The minimum absolute atomic E-state index is 0.640. The molecule has 0 saturated heterocycles. The van der Waals surface area contributed by atoms with E-state index in [4.69, 9.17) is 15.0 Å². The van der Waals surface area contributed by atoms with Gasteiger partial charge < -0.3 is 4.57 Å². The van der Waals surface area contributed by atoms with Crippen molar-refractivity contribution in [3.05, 3.63) is 194 Å². The summed E-state index contributed by atoms with van der Waals surface area (Å²) in [6, 6.07) is 68.7. The van der Waals surface area contributed by atoms with E-state index in [0.29, 0.717) is 17.5 Å². The van der Waals surface area contributed by atoms with Gasteiger partial charge in [-0.05, 0) is 53.1 Å². The average molecular weight is 733 g/mol. The predicted octanol–water partition coefficient (Wildman–Crippen LogP) is 13.7. The highest BCUT2D eigenvalue weighted by molar-refractivity contribution is 7.26. The maximum Gasteiger partial charge on any atom is 0.164 e. The minimum atomic E-state index is 0.640. The molecule has 56 heavy (non-hydrogen) atoms. The fraction of sp³-hybridized carbons (Fsp3) is 0. The van der Waals surface area contributed by atoms with Gasteiger partial charge in [0.05, 0.1) is 11.0 Å². The van der Waals surface area contributed by atoms with Crippen LogP contribution in [0.15, 0.2) is 194 Å². The van der Waals surface area contributed by atoms with E-state index >= 15 is 0 Å². The summed E-state index contributed by atoms with van der Waals surface area (Å²) in [5, 5.41) is 4.89. The fourth-order valence-electron chi connectivity index (χ4n) is 8.07. The van der Waals surface area contributed by atoms with Crippen molar-refractivity contribution in [2.75, 3.05) is 0 Å². The largest absolute Gasteiger partial charge is 0.309 e. The number of rotatable bonds is 6. The molecular formula is C51H32N4S. The molecule has 0 aliphatic carbocycles. The third kappa shape index (κ3) is 5.40. The lowest BCUT2D eigenvalue weighted by Crippen LogP contribution is -2.00. The van der Waals surface area contributed by atoms with E-state index in [1.807, 2.05) is 47.7 Å². The standard InChI is InChI=1S/C51H32N4S/c1-5-16-33(17-6-1)36-28-29-39-40-25-15-26-41(48(40)55(44(39)31-36)38-22-11-4-12-23-38)43-30-37(32-46-47(43)42-24-13-14-27-45(42)56-46)51-53-49(34-18-7-2-8-19-34)52-50(54-51)35-20-9-3-10-21-35/h1-32H. The van der Waals surface area contributed by atoms with Crippen LogP contribution in [0.5, 0.6) is 0 Å². The molecule has 0 atom stereocenters. The summed E-state index contributed by atoms with van der Waals surface area (Å²) in [4.78, 5) is 15.3. The second kappa shape index (κ2) is 13.3. The molecule has 11 rings (SSSR count). The van der Waals surface area contributed by atoms with E-state index in [9.17, 15) is 0 Å². The Morgan fingerprint density at radius 2 is 0.929 bits per heavy atom. The Morgan fingerprint density at radius 1 is 0.357 bits per heavy atom. The summed E-state index contributed by atoms with van der Waals surface area (Å²) in [5.74, 6) is 1.93. The van der Waals surface area contributed by atoms with Crippen molar-refractivity contribution < 1.29 is 0 Å². The normalized spacial score (nSPS) is 11.6. The van der Waals surface area contributed by atoms with Crippen LogP contribution < -0.4 is 0 Å². The van der Waals surface area contributed by atoms with E-state index in [2.05, 4.69) is 162 Å². The zero-order valence-corrected chi connectivity index (χ0v) is 31.0. The molecule has 262 valence electrons. The van der Waals surface area contributed by atoms with E-state index < -0.39 is 0 Å². The number of hydrogen-bond acceptors (Lipinski definition) is 4. The zero-order chi connectivity index (χ0) is 37.0. The molecule has 8 aromatic carbocycles. The van der Waals surface area contributed by atoms with Gasteiger partial charge in [0.2, 0.25) is 0 Å². The second-order valence-electron chi connectivity index (χ2n) is 14.0. The monoisotopic (exact) mass is 732 g/mol. The van der Waals surface area contributed by atoms with E-state index in [1.54, 1.807) is 0 Å². The molecule has 3 heterocycles. The predicted molar refractivity (Wildman–Crippen MR) is 234 cm³/mol. The molecule has 4 nitrogen and oxygen atoms in total. The highest BCUT2D eigenvalue weighted by Crippen LogP contribution is 2.46. The molecule has 0 aliphatic rings. The van der Waals surface area contributed by atoms with Gasteiger partial charge in [0.25, 0.3) is 0 Å². The number of para-hydroxylation sites is 2. The molecule has 0 spiro atoms. The van der Waals surface area contributed by atoms with Gasteiger partial charge in [-0.25, -0.2) is 15.0 Å². The molecule has 0 amide bonds. The Bertz CT molecular complexity index is 3170. The topological polar surface area (TPSA) is 43.6 Å². The molecule has 0 saturated carbocycles. The summed E-state index contributed by atoms with van der Waals surface area (Å²) in [5.41, 5.74) is 11.0. The maximum absolute atomic E-state index is 5.17. The Kier molecular flexibility index (Phi) is 7.64. The molecule has 0 aliphatic heterocycles. The summed E-state index contributed by atoms with van der Waals surface area (Å²) >= 11 is 1.81. The summed E-state index contributed by atoms with van der Waals surface area (Å²) < 4.78 is 4.88. The van der Waals surface area contributed by atoms with Crippen molar-refractivity contribution in [2.45, 2.75) is 0 Å². The number of thiophene rings is 1. The van der Waals surface area contributed by atoms with E-state index in [1.165, 1.54) is 53.1 Å². The summed E-state index contributed by atoms with van der Waals surface area (Å²) in [6.45, 7) is 0. The highest BCUT2D eigenvalue weighted by Gasteiger charge is 2.22. The van der Waals surface area contributed by atoms with E-state index in [0.717, 1.165) is 33.5 Å². The maximum atomic E-state index is 5.17. The van der Waals surface area contributed by atoms with Crippen LogP contribution in [0.4, 0.5) is 0 Å². The number of hydrogen-bond donors (Lipinski definition) is 0. The lowest BCUT2D eigenvalue weighted by atomic mass is 9.95. The van der Waals surface area contributed by atoms with Crippen LogP contribution >= 0.6 is 11.3 Å². The van der Waals surface area contributed by atoms with Crippen LogP contribution in [-0.2, 0) is 0 Å². The van der Waals surface area contributed by atoms with Gasteiger partial charge >= 0.3 is 0 Å². The highest BCUT2D eigenvalue weighted by atomic mass is 32.1. The van der Waals surface area contributed by atoms with Gasteiger partial charge in [-0.2, -0.15) is 0 Å². The number of benzene rings is 8. The first-order valence-electron chi connectivity index (χ1n) is 18.8. The molecule has 11 aromatic rings. The summed E-state index contributed by atoms with van der Waals surface area (Å²) in [6.07, 6.45) is 0. The molecule has 0 bridgehead atoms. The van der Waals surface area contributed by atoms with Crippen molar-refractivity contribution in [3.63, 3.8) is 0 Å². The first kappa shape index (κ1) is 32.2. The van der Waals surface area contributed by atoms with Gasteiger partial charge in [0.15, 0.2) is 17.5 Å². The van der Waals surface area contributed by atoms with Crippen LogP contribution in [0.1, 0.15) is 0 Å². The fourth-order valence-corrected chi connectivity index (χ4v) is 9.24. The lowest BCUT2D eigenvalue weighted by molar-refractivity contribution is 1.07. The molecule has 0 radical (unpaired) electrons. The third-order valence-corrected chi connectivity index (χ3v) is 11.8. The van der Waals surface area contributed by atoms with E-state index in [-0.39, 0.29) is 0 Å². The van der Waals surface area contributed by atoms with Crippen LogP contribution in [0.3, 0.4) is 0 Å². The van der Waals surface area contributed by atoms with Gasteiger partial charge in [-0.1, -0.05) is 158 Å². The Morgan fingerprint density at radius 3 is 1.61 bits per heavy atom. The molecule has 0 N–H and O–H groups in total. The molecule has 5 heteroatoms. The van der Waals surface area contributed by atoms with Crippen LogP contribution in [0.2, 0.25) is 0 Å². The summed E-state index contributed by atoms with van der Waals surface area (Å²) in [7, 11) is 0. The van der Waals surface area contributed by atoms with Crippen molar-refractivity contribution in [1.82, 2.24) is 19.5 Å². The SMILES string of the molecule is c1ccc(-c2ccc3c4cccc(-c5cc(-c6nc(-c7ccccc7)nc(-c7ccccc7)n6)cc6sc7ccccc7c56)c4n(-c4ccccc4)c3c2)cc1. The lowest BCUT2D eigenvalue weighted by Gasteiger charge is -2.15. The quantitative estimate of drug-likeness (QED) is 0.171. The average Bonchev–Trinajstić information content (AvgIpc) is 3.83. The van der Waals surface area contributed by atoms with Crippen LogP contribution in [0.25, 0.3) is 104 Å². The van der Waals surface area contributed by atoms with Crippen molar-refractivity contribution in [3.8, 4) is 62.1 Å². The Hall–Kier alpha value is -7.21. The van der Waals surface area contributed by atoms with Gasteiger partial charge in [0.1, 0.15) is 0 Å². The van der Waals surface area contributed by atoms with Crippen molar-refractivity contribution in [1.29, 1.82) is 0 Å².